The Balaban J connectivity index is 1.45. The first-order chi connectivity index (χ1) is 15.0. The zero-order valence-corrected chi connectivity index (χ0v) is 18.0. The van der Waals surface area contributed by atoms with E-state index in [0.29, 0.717) is 22.8 Å². The molecule has 0 amide bonds. The van der Waals surface area contributed by atoms with Gasteiger partial charge in [0.15, 0.2) is 5.78 Å². The average Bonchev–Trinajstić information content (AvgIpc) is 3.29. The fourth-order valence-corrected chi connectivity index (χ4v) is 3.89. The van der Waals surface area contributed by atoms with E-state index in [9.17, 15) is 10.1 Å². The maximum Gasteiger partial charge on any atom is 0.244 e. The highest BCUT2D eigenvalue weighted by atomic mass is 16.5. The Hall–Kier alpha value is -3.50. The lowest BCUT2D eigenvalue weighted by Crippen LogP contribution is -2.47. The molecule has 1 aliphatic rings. The highest BCUT2D eigenvalue weighted by Crippen LogP contribution is 2.28. The van der Waals surface area contributed by atoms with Gasteiger partial charge in [-0.2, -0.15) is 10.2 Å². The number of aryl methyl sites for hydroxylation is 1. The van der Waals surface area contributed by atoms with Gasteiger partial charge in [0.2, 0.25) is 11.7 Å². The summed E-state index contributed by atoms with van der Waals surface area (Å²) >= 11 is 0. The van der Waals surface area contributed by atoms with Gasteiger partial charge in [0.1, 0.15) is 0 Å². The van der Waals surface area contributed by atoms with E-state index in [1.807, 2.05) is 37.3 Å². The van der Waals surface area contributed by atoms with Crippen LogP contribution in [0.3, 0.4) is 0 Å². The van der Waals surface area contributed by atoms with Crippen LogP contribution in [-0.4, -0.2) is 47.0 Å². The van der Waals surface area contributed by atoms with Gasteiger partial charge in [0.05, 0.1) is 17.7 Å². The summed E-state index contributed by atoms with van der Waals surface area (Å²) in [6.07, 6.45) is 0. The number of Topliss-reactive ketones (excluding diaryl/α,β-unsaturated/α-hetero) is 1. The summed E-state index contributed by atoms with van der Waals surface area (Å²) in [5.74, 6) is 1.20. The SMILES string of the molecule is CC(=O)c1ccc(C#N)cc1N1CCN(C(C)c2nc(-c3ccc(C)cc3)no2)CC1. The van der Waals surface area contributed by atoms with Gasteiger partial charge in [-0.3, -0.25) is 9.69 Å². The minimum absolute atomic E-state index is 0.00443. The van der Waals surface area contributed by atoms with E-state index in [4.69, 9.17) is 4.52 Å². The summed E-state index contributed by atoms with van der Waals surface area (Å²) in [6.45, 7) is 8.75. The van der Waals surface area contributed by atoms with E-state index in [1.165, 1.54) is 5.56 Å². The molecule has 1 aliphatic heterocycles. The van der Waals surface area contributed by atoms with Crippen molar-refractivity contribution in [3.8, 4) is 17.5 Å². The molecule has 1 unspecified atom stereocenters. The maximum absolute atomic E-state index is 12.1. The molecule has 0 spiro atoms. The van der Waals surface area contributed by atoms with Crippen LogP contribution in [0.1, 0.15) is 47.3 Å². The zero-order chi connectivity index (χ0) is 22.0. The maximum atomic E-state index is 12.1. The van der Waals surface area contributed by atoms with Gasteiger partial charge in [-0.05, 0) is 39.0 Å². The lowest BCUT2D eigenvalue weighted by atomic mass is 10.0. The van der Waals surface area contributed by atoms with Crippen LogP contribution in [-0.2, 0) is 0 Å². The van der Waals surface area contributed by atoms with Gasteiger partial charge in [0, 0.05) is 43.0 Å². The van der Waals surface area contributed by atoms with Crippen LogP contribution in [0.2, 0.25) is 0 Å². The average molecular weight is 415 g/mol. The number of carbonyl (C=O) groups excluding carboxylic acids is 1. The molecule has 1 aromatic heterocycles. The highest BCUT2D eigenvalue weighted by molar-refractivity contribution is 6.00. The first kappa shape index (κ1) is 20.8. The molecule has 0 bridgehead atoms. The number of aromatic nitrogens is 2. The summed E-state index contributed by atoms with van der Waals surface area (Å²) in [5, 5.41) is 13.4. The predicted molar refractivity (Wildman–Crippen MR) is 118 cm³/mol. The van der Waals surface area contributed by atoms with Gasteiger partial charge < -0.3 is 9.42 Å². The molecule has 2 heterocycles. The van der Waals surface area contributed by atoms with Crippen LogP contribution in [0, 0.1) is 18.3 Å². The van der Waals surface area contributed by atoms with Crippen molar-refractivity contribution in [1.82, 2.24) is 15.0 Å². The summed E-state index contributed by atoms with van der Waals surface area (Å²) in [4.78, 5) is 21.1. The molecule has 2 aromatic carbocycles. The first-order valence-electron chi connectivity index (χ1n) is 10.4. The van der Waals surface area contributed by atoms with Crippen molar-refractivity contribution in [1.29, 1.82) is 5.26 Å². The Morgan fingerprint density at radius 1 is 1.13 bits per heavy atom. The van der Waals surface area contributed by atoms with Gasteiger partial charge in [-0.25, -0.2) is 0 Å². The van der Waals surface area contributed by atoms with Crippen LogP contribution < -0.4 is 4.90 Å². The quantitative estimate of drug-likeness (QED) is 0.582. The van der Waals surface area contributed by atoms with Crippen LogP contribution in [0.4, 0.5) is 5.69 Å². The Morgan fingerprint density at radius 2 is 1.84 bits per heavy atom. The topological polar surface area (TPSA) is 86.3 Å². The Labute approximate surface area is 181 Å². The standard InChI is InChI=1S/C24H25N5O2/c1-16-4-7-20(8-5-16)23-26-24(31-27-23)17(2)28-10-12-29(13-11-28)22-14-19(15-25)6-9-21(22)18(3)30/h4-9,14,17H,10-13H2,1-3H3. The molecular weight excluding hydrogens is 390 g/mol. The van der Waals surface area contributed by atoms with Crippen LogP contribution in [0.25, 0.3) is 11.4 Å². The summed E-state index contributed by atoms with van der Waals surface area (Å²) in [7, 11) is 0. The van der Waals surface area contributed by atoms with Crippen molar-refractivity contribution in [2.45, 2.75) is 26.8 Å². The van der Waals surface area contributed by atoms with Crippen LogP contribution in [0.5, 0.6) is 0 Å². The third kappa shape index (κ3) is 4.35. The van der Waals surface area contributed by atoms with Gasteiger partial charge in [0.25, 0.3) is 0 Å². The Kier molecular flexibility index (Phi) is 5.83. The molecule has 1 saturated heterocycles. The minimum atomic E-state index is -0.00781. The predicted octanol–water partition coefficient (Wildman–Crippen LogP) is 4.00. The number of hydrogen-bond donors (Lipinski definition) is 0. The third-order valence-electron chi connectivity index (χ3n) is 5.82. The number of carbonyl (C=O) groups is 1. The van der Waals surface area contributed by atoms with Crippen molar-refractivity contribution in [2.75, 3.05) is 31.1 Å². The monoisotopic (exact) mass is 415 g/mol. The van der Waals surface area contributed by atoms with Crippen LogP contribution in [0.15, 0.2) is 47.0 Å². The molecule has 31 heavy (non-hydrogen) atoms. The number of piperazine rings is 1. The smallest absolute Gasteiger partial charge is 0.244 e. The van der Waals surface area contributed by atoms with E-state index >= 15 is 0 Å². The number of nitriles is 1. The molecule has 1 fully saturated rings. The van der Waals surface area contributed by atoms with Gasteiger partial charge >= 0.3 is 0 Å². The molecule has 0 aliphatic carbocycles. The van der Waals surface area contributed by atoms with Gasteiger partial charge in [-0.1, -0.05) is 35.0 Å². The van der Waals surface area contributed by atoms with E-state index < -0.39 is 0 Å². The molecule has 0 saturated carbocycles. The molecule has 158 valence electrons. The van der Waals surface area contributed by atoms with E-state index in [-0.39, 0.29) is 11.8 Å². The van der Waals surface area contributed by atoms with Crippen molar-refractivity contribution in [3.05, 3.63) is 65.0 Å². The second-order valence-corrected chi connectivity index (χ2v) is 7.92. The molecule has 7 heteroatoms. The second kappa shape index (κ2) is 8.70. The number of ketones is 1. The summed E-state index contributed by atoms with van der Waals surface area (Å²) in [6, 6.07) is 15.5. The van der Waals surface area contributed by atoms with Crippen molar-refractivity contribution in [2.24, 2.45) is 0 Å². The van der Waals surface area contributed by atoms with E-state index in [0.717, 1.165) is 37.4 Å². The number of nitrogens with zero attached hydrogens (tertiary/aromatic N) is 5. The van der Waals surface area contributed by atoms with Crippen molar-refractivity contribution in [3.63, 3.8) is 0 Å². The summed E-state index contributed by atoms with van der Waals surface area (Å²) in [5.41, 5.74) is 4.17. The van der Waals surface area contributed by atoms with E-state index in [1.54, 1.807) is 19.1 Å². The fourth-order valence-electron chi connectivity index (χ4n) is 3.89. The van der Waals surface area contributed by atoms with Crippen LogP contribution >= 0.6 is 0 Å². The minimum Gasteiger partial charge on any atom is -0.368 e. The third-order valence-corrected chi connectivity index (χ3v) is 5.82. The Bertz CT molecular complexity index is 1120. The highest BCUT2D eigenvalue weighted by Gasteiger charge is 2.27. The van der Waals surface area contributed by atoms with Gasteiger partial charge in [-0.15, -0.1) is 0 Å². The number of hydrogen-bond acceptors (Lipinski definition) is 7. The lowest BCUT2D eigenvalue weighted by Gasteiger charge is -2.38. The number of rotatable bonds is 5. The van der Waals surface area contributed by atoms with Crippen molar-refractivity contribution < 1.29 is 9.32 Å². The molecule has 0 N–H and O–H groups in total. The number of benzene rings is 2. The summed E-state index contributed by atoms with van der Waals surface area (Å²) < 4.78 is 5.56. The first-order valence-corrected chi connectivity index (χ1v) is 10.4. The lowest BCUT2D eigenvalue weighted by molar-refractivity contribution is 0.101. The molecule has 4 rings (SSSR count). The fraction of sp³-hybridized carbons (Fsp3) is 0.333. The molecule has 3 aromatic rings. The zero-order valence-electron chi connectivity index (χ0n) is 18.0. The molecular formula is C24H25N5O2. The molecule has 1 atom stereocenters. The molecule has 0 radical (unpaired) electrons. The largest absolute Gasteiger partial charge is 0.368 e. The molecule has 7 nitrogen and oxygen atoms in total. The normalized spacial score (nSPS) is 15.5. The number of anilines is 1. The second-order valence-electron chi connectivity index (χ2n) is 7.92. The van der Waals surface area contributed by atoms with E-state index in [2.05, 4.69) is 32.9 Å². The van der Waals surface area contributed by atoms with Crippen molar-refractivity contribution >= 4 is 11.5 Å². The Morgan fingerprint density at radius 3 is 2.48 bits per heavy atom.